The molecule has 0 amide bonds. The number of hydrogen-bond donors (Lipinski definition) is 0. The van der Waals surface area contributed by atoms with Crippen molar-refractivity contribution in [3.8, 4) is 0 Å². The molecule has 1 rings (SSSR count). The molecule has 0 saturated carbocycles. The lowest BCUT2D eigenvalue weighted by molar-refractivity contribution is -0.143. The van der Waals surface area contributed by atoms with E-state index in [4.69, 9.17) is 10.7 Å². The van der Waals surface area contributed by atoms with Gasteiger partial charge in [-0.2, -0.15) is 26.3 Å². The van der Waals surface area contributed by atoms with Crippen LogP contribution < -0.4 is 0 Å². The van der Waals surface area contributed by atoms with Crippen LogP contribution in [0.25, 0.3) is 0 Å². The minimum Gasteiger partial charge on any atom is -0.207 e. The summed E-state index contributed by atoms with van der Waals surface area (Å²) in [5, 5.41) is 0. The summed E-state index contributed by atoms with van der Waals surface area (Å²) in [5.74, 6) is 0. The van der Waals surface area contributed by atoms with Crippen molar-refractivity contribution in [3.05, 3.63) is 27.7 Å². The first-order valence-corrected chi connectivity index (χ1v) is 7.27. The average molecular weight is 392 g/mol. The summed E-state index contributed by atoms with van der Waals surface area (Å²) >= 11 is 2.28. The largest absolute Gasteiger partial charge is 0.418 e. The van der Waals surface area contributed by atoms with Gasteiger partial charge in [0.05, 0.1) is 16.0 Å². The molecule has 0 heterocycles. The Morgan fingerprint density at radius 3 is 1.79 bits per heavy atom. The second kappa shape index (κ2) is 4.81. The summed E-state index contributed by atoms with van der Waals surface area (Å²) in [6.07, 6.45) is -10.2. The van der Waals surface area contributed by atoms with Crippen LogP contribution >= 0.6 is 26.6 Å². The van der Waals surface area contributed by atoms with Crippen molar-refractivity contribution in [1.82, 2.24) is 0 Å². The Labute approximate surface area is 115 Å². The molecule has 0 radical (unpaired) electrons. The fraction of sp³-hybridized carbons (Fsp3) is 0.250. The first kappa shape index (κ1) is 16.6. The number of benzene rings is 1. The molecule has 1 aromatic rings. The van der Waals surface area contributed by atoms with Crippen LogP contribution in [-0.4, -0.2) is 8.42 Å². The molecule has 0 spiro atoms. The minimum atomic E-state index is -5.18. The summed E-state index contributed by atoms with van der Waals surface area (Å²) < 4.78 is 96.1. The Kier molecular flexibility index (Phi) is 4.20. The van der Waals surface area contributed by atoms with E-state index in [1.54, 1.807) is 0 Å². The fourth-order valence-electron chi connectivity index (χ4n) is 1.21. The Bertz CT molecular complexity index is 607. The van der Waals surface area contributed by atoms with Crippen molar-refractivity contribution >= 4 is 35.7 Å². The van der Waals surface area contributed by atoms with Gasteiger partial charge in [-0.1, -0.05) is 15.9 Å². The van der Waals surface area contributed by atoms with E-state index in [2.05, 4.69) is 15.9 Å². The number of hydrogen-bond acceptors (Lipinski definition) is 2. The molecular weight excluding hydrogens is 389 g/mol. The van der Waals surface area contributed by atoms with Crippen LogP contribution in [0.4, 0.5) is 26.3 Å². The second-order valence-electron chi connectivity index (χ2n) is 3.26. The van der Waals surface area contributed by atoms with E-state index in [-0.39, 0.29) is 12.1 Å². The molecule has 2 nitrogen and oxygen atoms in total. The molecule has 19 heavy (non-hydrogen) atoms. The van der Waals surface area contributed by atoms with E-state index in [1.165, 1.54) is 0 Å². The molecule has 0 aliphatic rings. The van der Waals surface area contributed by atoms with Gasteiger partial charge in [0.2, 0.25) is 0 Å². The van der Waals surface area contributed by atoms with E-state index in [0.717, 1.165) is 0 Å². The zero-order valence-electron chi connectivity index (χ0n) is 8.40. The van der Waals surface area contributed by atoms with Crippen molar-refractivity contribution in [2.45, 2.75) is 17.2 Å². The Balaban J connectivity index is 3.79. The molecule has 1 aromatic carbocycles. The average Bonchev–Trinajstić information content (AvgIpc) is 2.11. The van der Waals surface area contributed by atoms with Gasteiger partial charge in [-0.15, -0.1) is 0 Å². The Hall–Kier alpha value is -0.480. The first-order chi connectivity index (χ1) is 8.24. The van der Waals surface area contributed by atoms with Crippen LogP contribution in [-0.2, 0) is 21.4 Å². The summed E-state index contributed by atoms with van der Waals surface area (Å²) in [6.45, 7) is 0. The number of halogens is 8. The maximum absolute atomic E-state index is 12.6. The van der Waals surface area contributed by atoms with Crippen LogP contribution in [0, 0.1) is 0 Å². The maximum Gasteiger partial charge on any atom is 0.418 e. The highest BCUT2D eigenvalue weighted by Gasteiger charge is 2.42. The number of rotatable bonds is 1. The third kappa shape index (κ3) is 3.76. The van der Waals surface area contributed by atoms with Gasteiger partial charge >= 0.3 is 12.4 Å². The molecule has 0 atom stereocenters. The standard InChI is InChI=1S/C8H2BrClF6O2S/c9-4-1-3(7(11,12)13)2-5(19(10,17)18)6(4)8(14,15)16/h1-2H. The Morgan fingerprint density at radius 1 is 1.00 bits per heavy atom. The minimum absolute atomic E-state index is 0.133. The molecule has 0 aliphatic heterocycles. The van der Waals surface area contributed by atoms with Crippen LogP contribution in [0.2, 0.25) is 0 Å². The van der Waals surface area contributed by atoms with E-state index in [9.17, 15) is 34.8 Å². The Morgan fingerprint density at radius 2 is 1.47 bits per heavy atom. The van der Waals surface area contributed by atoms with Crippen LogP contribution in [0.5, 0.6) is 0 Å². The van der Waals surface area contributed by atoms with Crippen LogP contribution in [0.3, 0.4) is 0 Å². The molecule has 0 aromatic heterocycles. The van der Waals surface area contributed by atoms with E-state index in [1.807, 2.05) is 0 Å². The molecule has 0 aliphatic carbocycles. The molecule has 0 N–H and O–H groups in total. The third-order valence-electron chi connectivity index (χ3n) is 1.93. The van der Waals surface area contributed by atoms with Crippen molar-refractivity contribution in [2.75, 3.05) is 0 Å². The normalized spacial score (nSPS) is 13.7. The zero-order valence-corrected chi connectivity index (χ0v) is 11.6. The van der Waals surface area contributed by atoms with Gasteiger partial charge < -0.3 is 0 Å². The summed E-state index contributed by atoms with van der Waals surface area (Å²) in [4.78, 5) is -1.65. The number of alkyl halides is 6. The quantitative estimate of drug-likeness (QED) is 0.525. The van der Waals surface area contributed by atoms with Crippen molar-refractivity contribution in [2.24, 2.45) is 0 Å². The lowest BCUT2D eigenvalue weighted by Gasteiger charge is -2.16. The van der Waals surface area contributed by atoms with Gasteiger partial charge in [-0.25, -0.2) is 8.42 Å². The van der Waals surface area contributed by atoms with Crippen molar-refractivity contribution < 1.29 is 34.8 Å². The highest BCUT2D eigenvalue weighted by molar-refractivity contribution is 9.10. The molecule has 0 bridgehead atoms. The molecular formula is C8H2BrClF6O2S. The highest BCUT2D eigenvalue weighted by atomic mass is 79.9. The SMILES string of the molecule is O=S(=O)(Cl)c1cc(C(F)(F)F)cc(Br)c1C(F)(F)F. The van der Waals surface area contributed by atoms with Gasteiger partial charge in [0.25, 0.3) is 9.05 Å². The maximum atomic E-state index is 12.6. The fourth-order valence-corrected chi connectivity index (χ4v) is 3.13. The van der Waals surface area contributed by atoms with E-state index in [0.29, 0.717) is 0 Å². The van der Waals surface area contributed by atoms with Gasteiger partial charge in [0.15, 0.2) is 0 Å². The summed E-state index contributed by atoms with van der Waals surface area (Å²) in [6, 6.07) is -0.0235. The predicted octanol–water partition coefficient (Wildman–Crippen LogP) is 4.41. The monoisotopic (exact) mass is 390 g/mol. The first-order valence-electron chi connectivity index (χ1n) is 4.17. The van der Waals surface area contributed by atoms with Crippen LogP contribution in [0.1, 0.15) is 11.1 Å². The molecule has 11 heteroatoms. The van der Waals surface area contributed by atoms with E-state index >= 15 is 0 Å². The molecule has 0 unspecified atom stereocenters. The van der Waals surface area contributed by atoms with Crippen LogP contribution in [0.15, 0.2) is 21.5 Å². The van der Waals surface area contributed by atoms with Gasteiger partial charge in [-0.3, -0.25) is 0 Å². The summed E-state index contributed by atoms with van der Waals surface area (Å²) in [5.41, 5.74) is -3.35. The molecule has 0 saturated heterocycles. The lowest BCUT2D eigenvalue weighted by Crippen LogP contribution is -2.15. The van der Waals surface area contributed by atoms with Gasteiger partial charge in [-0.05, 0) is 12.1 Å². The van der Waals surface area contributed by atoms with Crippen molar-refractivity contribution in [3.63, 3.8) is 0 Å². The van der Waals surface area contributed by atoms with Crippen molar-refractivity contribution in [1.29, 1.82) is 0 Å². The topological polar surface area (TPSA) is 34.1 Å². The third-order valence-corrected chi connectivity index (χ3v) is 3.90. The van der Waals surface area contributed by atoms with E-state index < -0.39 is 41.9 Å². The van der Waals surface area contributed by atoms with Gasteiger partial charge in [0.1, 0.15) is 0 Å². The smallest absolute Gasteiger partial charge is 0.207 e. The molecule has 108 valence electrons. The predicted molar refractivity (Wildman–Crippen MR) is 57.2 cm³/mol. The highest BCUT2D eigenvalue weighted by Crippen LogP contribution is 2.43. The van der Waals surface area contributed by atoms with Gasteiger partial charge in [0, 0.05) is 15.2 Å². The lowest BCUT2D eigenvalue weighted by atomic mass is 10.1. The molecule has 0 fully saturated rings. The zero-order chi connectivity index (χ0) is 15.2. The second-order valence-corrected chi connectivity index (χ2v) is 6.65. The summed E-state index contributed by atoms with van der Waals surface area (Å²) in [7, 11) is -0.252.